The second-order valence-corrected chi connectivity index (χ2v) is 7.97. The van der Waals surface area contributed by atoms with Crippen molar-refractivity contribution >= 4 is 16.1 Å². The van der Waals surface area contributed by atoms with Gasteiger partial charge in [-0.25, -0.2) is 13.2 Å². The van der Waals surface area contributed by atoms with Crippen LogP contribution in [0.5, 0.6) is 5.75 Å². The molecule has 0 saturated carbocycles. The highest BCUT2D eigenvalue weighted by Crippen LogP contribution is 2.35. The van der Waals surface area contributed by atoms with E-state index in [4.69, 9.17) is 4.74 Å². The van der Waals surface area contributed by atoms with Crippen molar-refractivity contribution in [2.75, 3.05) is 26.2 Å². The number of ether oxygens (including phenoxy) is 1. The number of rotatable bonds is 3. The van der Waals surface area contributed by atoms with Gasteiger partial charge in [0.25, 0.3) is 0 Å². The summed E-state index contributed by atoms with van der Waals surface area (Å²) in [5.74, 6) is 0.349. The van der Waals surface area contributed by atoms with Crippen molar-refractivity contribution in [3.63, 3.8) is 0 Å². The van der Waals surface area contributed by atoms with E-state index in [1.807, 2.05) is 0 Å². The summed E-state index contributed by atoms with van der Waals surface area (Å²) >= 11 is 0. The van der Waals surface area contributed by atoms with E-state index in [1.54, 1.807) is 30.3 Å². The van der Waals surface area contributed by atoms with E-state index in [-0.39, 0.29) is 26.2 Å². The molecule has 2 aromatic rings. The van der Waals surface area contributed by atoms with Gasteiger partial charge in [0.05, 0.1) is 10.5 Å². The Kier molecular flexibility index (Phi) is 5.61. The fraction of sp³-hybridized carbons (Fsp3) is 0.278. The van der Waals surface area contributed by atoms with E-state index in [1.165, 1.54) is 11.0 Å². The summed E-state index contributed by atoms with van der Waals surface area (Å²) in [6, 6.07) is 12.4. The first kappa shape index (κ1) is 20.2. The maximum absolute atomic E-state index is 13.2. The Balaban J connectivity index is 1.70. The maximum Gasteiger partial charge on any atom is 0.417 e. The van der Waals surface area contributed by atoms with Gasteiger partial charge in [-0.15, -0.1) is 0 Å². The first-order valence-electron chi connectivity index (χ1n) is 8.38. The monoisotopic (exact) mass is 414 g/mol. The molecule has 0 aromatic heterocycles. The van der Waals surface area contributed by atoms with Crippen LogP contribution < -0.4 is 4.74 Å². The van der Waals surface area contributed by atoms with Gasteiger partial charge in [0.15, 0.2) is 0 Å². The fourth-order valence-electron chi connectivity index (χ4n) is 2.83. The fourth-order valence-corrected chi connectivity index (χ4v) is 4.46. The number of carbonyl (C=O) groups is 1. The Morgan fingerprint density at radius 3 is 2.07 bits per heavy atom. The summed E-state index contributed by atoms with van der Waals surface area (Å²) < 4.78 is 71.1. The Labute approximate surface area is 160 Å². The van der Waals surface area contributed by atoms with Crippen LogP contribution in [-0.4, -0.2) is 49.9 Å². The highest BCUT2D eigenvalue weighted by atomic mass is 32.2. The van der Waals surface area contributed by atoms with Gasteiger partial charge in [-0.05, 0) is 24.3 Å². The molecule has 0 unspecified atom stereocenters. The normalized spacial score (nSPS) is 16.0. The van der Waals surface area contributed by atoms with E-state index in [2.05, 4.69) is 0 Å². The second kappa shape index (κ2) is 7.80. The number of piperazine rings is 1. The van der Waals surface area contributed by atoms with Crippen molar-refractivity contribution < 1.29 is 31.1 Å². The number of hydrogen-bond acceptors (Lipinski definition) is 4. The topological polar surface area (TPSA) is 66.9 Å². The number of amides is 1. The number of benzene rings is 2. The second-order valence-electron chi connectivity index (χ2n) is 6.07. The summed E-state index contributed by atoms with van der Waals surface area (Å²) in [6.45, 7) is -0.227. The molecule has 6 nitrogen and oxygen atoms in total. The molecular weight excluding hydrogens is 397 g/mol. The minimum atomic E-state index is -4.79. The molecule has 1 saturated heterocycles. The van der Waals surface area contributed by atoms with E-state index < -0.39 is 32.8 Å². The summed E-state index contributed by atoms with van der Waals surface area (Å²) in [7, 11) is -4.35. The lowest BCUT2D eigenvalue weighted by Crippen LogP contribution is -2.51. The van der Waals surface area contributed by atoms with Crippen LogP contribution in [0.25, 0.3) is 0 Å². The molecule has 1 fully saturated rings. The number of para-hydroxylation sites is 1. The molecule has 0 spiro atoms. The van der Waals surface area contributed by atoms with Gasteiger partial charge in [0.2, 0.25) is 10.0 Å². The third kappa shape index (κ3) is 4.28. The third-order valence-corrected chi connectivity index (χ3v) is 6.21. The molecule has 0 N–H and O–H groups in total. The zero-order chi connectivity index (χ0) is 20.4. The molecule has 1 aliphatic heterocycles. The van der Waals surface area contributed by atoms with Crippen LogP contribution in [0.4, 0.5) is 18.0 Å². The smallest absolute Gasteiger partial charge is 0.410 e. The molecule has 0 radical (unpaired) electrons. The molecule has 2 aromatic carbocycles. The average molecular weight is 414 g/mol. The lowest BCUT2D eigenvalue weighted by molar-refractivity contribution is -0.139. The summed E-state index contributed by atoms with van der Waals surface area (Å²) in [4.78, 5) is 12.7. The van der Waals surface area contributed by atoms with Gasteiger partial charge in [-0.1, -0.05) is 30.3 Å². The zero-order valence-corrected chi connectivity index (χ0v) is 15.4. The molecule has 1 aliphatic rings. The molecule has 0 aliphatic carbocycles. The number of hydrogen-bond donors (Lipinski definition) is 0. The molecular formula is C18H17F3N2O4S. The average Bonchev–Trinajstić information content (AvgIpc) is 2.68. The molecule has 150 valence electrons. The number of halogens is 3. The first-order valence-corrected chi connectivity index (χ1v) is 9.82. The standard InChI is InChI=1S/C18H17F3N2O4S/c19-18(20,21)15-8-4-5-9-16(15)28(25,26)23-12-10-22(11-13-23)17(24)27-14-6-2-1-3-7-14/h1-9H,10-13H2. The van der Waals surface area contributed by atoms with Gasteiger partial charge in [0, 0.05) is 26.2 Å². The zero-order valence-electron chi connectivity index (χ0n) is 14.6. The van der Waals surface area contributed by atoms with Crippen LogP contribution in [0, 0.1) is 0 Å². The molecule has 1 heterocycles. The number of carbonyl (C=O) groups excluding carboxylic acids is 1. The first-order chi connectivity index (χ1) is 13.2. The summed E-state index contributed by atoms with van der Waals surface area (Å²) in [5, 5.41) is 0. The SMILES string of the molecule is O=C(Oc1ccccc1)N1CCN(S(=O)(=O)c2ccccc2C(F)(F)F)CC1. The van der Waals surface area contributed by atoms with Crippen LogP contribution >= 0.6 is 0 Å². The van der Waals surface area contributed by atoms with Gasteiger partial charge in [0.1, 0.15) is 5.75 Å². The highest BCUT2D eigenvalue weighted by molar-refractivity contribution is 7.89. The summed E-state index contributed by atoms with van der Waals surface area (Å²) in [5.41, 5.74) is -1.21. The van der Waals surface area contributed by atoms with Crippen molar-refractivity contribution in [2.45, 2.75) is 11.1 Å². The Morgan fingerprint density at radius 2 is 1.46 bits per heavy atom. The number of nitrogens with zero attached hydrogens (tertiary/aromatic N) is 2. The largest absolute Gasteiger partial charge is 0.417 e. The van der Waals surface area contributed by atoms with Gasteiger partial charge >= 0.3 is 12.3 Å². The Hall–Kier alpha value is -2.59. The Morgan fingerprint density at radius 1 is 0.893 bits per heavy atom. The van der Waals surface area contributed by atoms with E-state index in [0.717, 1.165) is 22.5 Å². The van der Waals surface area contributed by atoms with Gasteiger partial charge < -0.3 is 9.64 Å². The molecule has 0 atom stereocenters. The van der Waals surface area contributed by atoms with Crippen molar-refractivity contribution in [3.8, 4) is 5.75 Å². The molecule has 28 heavy (non-hydrogen) atoms. The van der Waals surface area contributed by atoms with E-state index in [9.17, 15) is 26.4 Å². The predicted molar refractivity (Wildman–Crippen MR) is 94.2 cm³/mol. The maximum atomic E-state index is 13.2. The van der Waals surface area contributed by atoms with Gasteiger partial charge in [-0.3, -0.25) is 0 Å². The molecule has 1 amide bonds. The lowest BCUT2D eigenvalue weighted by Gasteiger charge is -2.33. The molecule has 10 heteroatoms. The van der Waals surface area contributed by atoms with E-state index in [0.29, 0.717) is 5.75 Å². The van der Waals surface area contributed by atoms with Crippen LogP contribution in [-0.2, 0) is 16.2 Å². The highest BCUT2D eigenvalue weighted by Gasteiger charge is 2.39. The number of sulfonamides is 1. The Bertz CT molecular complexity index is 941. The summed E-state index contributed by atoms with van der Waals surface area (Å²) in [6.07, 6.45) is -5.43. The predicted octanol–water partition coefficient (Wildman–Crippen LogP) is 3.21. The molecule has 0 bridgehead atoms. The van der Waals surface area contributed by atoms with Crippen LogP contribution in [0.3, 0.4) is 0 Å². The molecule has 3 rings (SSSR count). The quantitative estimate of drug-likeness (QED) is 0.774. The van der Waals surface area contributed by atoms with Crippen molar-refractivity contribution in [3.05, 3.63) is 60.2 Å². The van der Waals surface area contributed by atoms with Crippen molar-refractivity contribution in [2.24, 2.45) is 0 Å². The minimum absolute atomic E-state index is 0.0130. The van der Waals surface area contributed by atoms with E-state index >= 15 is 0 Å². The van der Waals surface area contributed by atoms with Gasteiger partial charge in [-0.2, -0.15) is 17.5 Å². The third-order valence-electron chi connectivity index (χ3n) is 4.26. The van der Waals surface area contributed by atoms with Crippen LogP contribution in [0.1, 0.15) is 5.56 Å². The minimum Gasteiger partial charge on any atom is -0.410 e. The van der Waals surface area contributed by atoms with Crippen LogP contribution in [0.2, 0.25) is 0 Å². The van der Waals surface area contributed by atoms with Crippen molar-refractivity contribution in [1.29, 1.82) is 0 Å². The van der Waals surface area contributed by atoms with Crippen molar-refractivity contribution in [1.82, 2.24) is 9.21 Å². The van der Waals surface area contributed by atoms with Crippen LogP contribution in [0.15, 0.2) is 59.5 Å². The number of alkyl halides is 3. The lowest BCUT2D eigenvalue weighted by atomic mass is 10.2.